The second-order valence-corrected chi connectivity index (χ2v) is 3.57. The molecule has 0 saturated heterocycles. The van der Waals surface area contributed by atoms with Gasteiger partial charge in [0.1, 0.15) is 11.4 Å². The lowest BCUT2D eigenvalue weighted by Crippen LogP contribution is -2.09. The molecule has 0 aliphatic rings. The van der Waals surface area contributed by atoms with Crippen LogP contribution in [0.1, 0.15) is 6.92 Å². The Morgan fingerprint density at radius 3 is 2.74 bits per heavy atom. The number of ether oxygens (including phenoxy) is 1. The monoisotopic (exact) mass is 286 g/mol. The molecule has 102 valence electrons. The van der Waals surface area contributed by atoms with E-state index in [2.05, 4.69) is 15.0 Å². The molecule has 0 spiro atoms. The van der Waals surface area contributed by atoms with E-state index in [9.17, 15) is 14.3 Å². The molecule has 5 nitrogen and oxygen atoms in total. The van der Waals surface area contributed by atoms with Crippen LogP contribution in [-0.2, 0) is 9.53 Å². The first-order valence-corrected chi connectivity index (χ1v) is 5.95. The van der Waals surface area contributed by atoms with Crippen molar-refractivity contribution < 1.29 is 19.0 Å². The zero-order chi connectivity index (χ0) is 14.3. The van der Waals surface area contributed by atoms with Gasteiger partial charge in [-0.2, -0.15) is 0 Å². The van der Waals surface area contributed by atoms with Crippen LogP contribution in [0, 0.1) is 5.82 Å². The van der Waals surface area contributed by atoms with Gasteiger partial charge in [0.2, 0.25) is 5.70 Å². The van der Waals surface area contributed by atoms with E-state index in [-0.39, 0.29) is 18.2 Å². The van der Waals surface area contributed by atoms with Gasteiger partial charge in [0.25, 0.3) is 0 Å². The van der Waals surface area contributed by atoms with Gasteiger partial charge in [-0.3, -0.25) is 0 Å². The SMILES string of the molecule is CCOC(=O)C(N=Nc1ccccc1F)=C(O)CCl. The van der Waals surface area contributed by atoms with E-state index in [0.717, 1.165) is 0 Å². The summed E-state index contributed by atoms with van der Waals surface area (Å²) in [5.41, 5.74) is -0.508. The number of allylic oxidation sites excluding steroid dienone is 1. The van der Waals surface area contributed by atoms with Crippen LogP contribution >= 0.6 is 11.6 Å². The van der Waals surface area contributed by atoms with Crippen molar-refractivity contribution in [1.82, 2.24) is 0 Å². The highest BCUT2D eigenvalue weighted by molar-refractivity contribution is 6.19. The fourth-order valence-electron chi connectivity index (χ4n) is 1.12. The van der Waals surface area contributed by atoms with E-state index in [1.807, 2.05) is 0 Å². The van der Waals surface area contributed by atoms with Crippen molar-refractivity contribution in [3.63, 3.8) is 0 Å². The number of azo groups is 1. The van der Waals surface area contributed by atoms with Gasteiger partial charge in [-0.1, -0.05) is 12.1 Å². The van der Waals surface area contributed by atoms with Crippen LogP contribution in [0.3, 0.4) is 0 Å². The van der Waals surface area contributed by atoms with Crippen LogP contribution in [0.2, 0.25) is 0 Å². The Hall–Kier alpha value is -1.95. The molecular weight excluding hydrogens is 275 g/mol. The Balaban J connectivity index is 3.03. The number of carbonyl (C=O) groups is 1. The first-order valence-electron chi connectivity index (χ1n) is 5.41. The summed E-state index contributed by atoms with van der Waals surface area (Å²) in [6.07, 6.45) is 0. The number of hydrogen-bond donors (Lipinski definition) is 1. The second-order valence-electron chi connectivity index (χ2n) is 3.30. The van der Waals surface area contributed by atoms with E-state index in [0.29, 0.717) is 0 Å². The van der Waals surface area contributed by atoms with Crippen LogP contribution in [0.4, 0.5) is 10.1 Å². The van der Waals surface area contributed by atoms with Crippen LogP contribution in [-0.4, -0.2) is 23.6 Å². The minimum absolute atomic E-state index is 0.0633. The average molecular weight is 287 g/mol. The summed E-state index contributed by atoms with van der Waals surface area (Å²) < 4.78 is 18.0. The molecule has 19 heavy (non-hydrogen) atoms. The summed E-state index contributed by atoms with van der Waals surface area (Å²) >= 11 is 5.41. The number of halogens is 2. The molecule has 0 aromatic heterocycles. The zero-order valence-corrected chi connectivity index (χ0v) is 10.9. The Morgan fingerprint density at radius 2 is 2.16 bits per heavy atom. The number of benzene rings is 1. The molecule has 1 N–H and O–H groups in total. The van der Waals surface area contributed by atoms with Crippen LogP contribution in [0.15, 0.2) is 46.0 Å². The van der Waals surface area contributed by atoms with Gasteiger partial charge in [-0.05, 0) is 19.1 Å². The Labute approximate surface area is 114 Å². The number of hydrogen-bond acceptors (Lipinski definition) is 5. The first-order chi connectivity index (χ1) is 9.10. The molecule has 1 rings (SSSR count). The number of nitrogens with zero attached hydrogens (tertiary/aromatic N) is 2. The minimum atomic E-state index is -0.874. The Morgan fingerprint density at radius 1 is 1.47 bits per heavy atom. The van der Waals surface area contributed by atoms with Crippen LogP contribution in [0.25, 0.3) is 0 Å². The van der Waals surface area contributed by atoms with Crippen LogP contribution in [0.5, 0.6) is 0 Å². The third kappa shape index (κ3) is 4.33. The van der Waals surface area contributed by atoms with Crippen molar-refractivity contribution in [2.75, 3.05) is 12.5 Å². The fraction of sp³-hybridized carbons (Fsp3) is 0.250. The maximum atomic E-state index is 13.3. The lowest BCUT2D eigenvalue weighted by Gasteiger charge is -2.03. The topological polar surface area (TPSA) is 71.2 Å². The molecule has 0 amide bonds. The number of carbonyl (C=O) groups excluding carboxylic acids is 1. The summed E-state index contributed by atoms with van der Waals surface area (Å²) in [5, 5.41) is 16.5. The Kier molecular flexibility index (Phi) is 5.95. The molecule has 1 aromatic carbocycles. The quantitative estimate of drug-likeness (QED) is 0.296. The van der Waals surface area contributed by atoms with Crippen molar-refractivity contribution in [2.24, 2.45) is 10.2 Å². The van der Waals surface area contributed by atoms with Crippen molar-refractivity contribution in [3.05, 3.63) is 41.5 Å². The highest BCUT2D eigenvalue weighted by Crippen LogP contribution is 2.19. The fourth-order valence-corrected chi connectivity index (χ4v) is 1.24. The van der Waals surface area contributed by atoms with E-state index >= 15 is 0 Å². The highest BCUT2D eigenvalue weighted by atomic mass is 35.5. The predicted octanol–water partition coefficient (Wildman–Crippen LogP) is 3.48. The minimum Gasteiger partial charge on any atom is -0.508 e. The van der Waals surface area contributed by atoms with Crippen molar-refractivity contribution in [1.29, 1.82) is 0 Å². The summed E-state index contributed by atoms with van der Waals surface area (Å²) in [5.74, 6) is -2.29. The normalized spacial score (nSPS) is 12.4. The molecule has 7 heteroatoms. The summed E-state index contributed by atoms with van der Waals surface area (Å²) in [7, 11) is 0. The van der Waals surface area contributed by atoms with Crippen molar-refractivity contribution in [2.45, 2.75) is 6.92 Å². The van der Waals surface area contributed by atoms with Gasteiger partial charge in [0.05, 0.1) is 12.5 Å². The molecule has 1 aromatic rings. The van der Waals surface area contributed by atoms with Crippen molar-refractivity contribution in [3.8, 4) is 0 Å². The number of aliphatic hydroxyl groups excluding tert-OH is 1. The second kappa shape index (κ2) is 7.48. The zero-order valence-electron chi connectivity index (χ0n) is 10.1. The lowest BCUT2D eigenvalue weighted by atomic mass is 10.3. The summed E-state index contributed by atoms with van der Waals surface area (Å²) in [6.45, 7) is 1.70. The smallest absolute Gasteiger partial charge is 0.362 e. The van der Waals surface area contributed by atoms with E-state index < -0.39 is 23.2 Å². The van der Waals surface area contributed by atoms with Gasteiger partial charge in [-0.15, -0.1) is 21.8 Å². The third-order valence-corrected chi connectivity index (χ3v) is 2.23. The number of esters is 1. The van der Waals surface area contributed by atoms with Crippen LogP contribution < -0.4 is 0 Å². The molecule has 0 fully saturated rings. The molecule has 0 saturated carbocycles. The molecule has 0 aliphatic carbocycles. The standard InChI is InChI=1S/C12H12ClFN2O3/c1-2-19-12(18)11(10(17)7-13)16-15-9-6-4-3-5-8(9)14/h3-6,17H,2,7H2,1H3. The van der Waals surface area contributed by atoms with Crippen molar-refractivity contribution >= 4 is 23.3 Å². The molecular formula is C12H12ClFN2O3. The largest absolute Gasteiger partial charge is 0.508 e. The molecule has 0 radical (unpaired) electrons. The highest BCUT2D eigenvalue weighted by Gasteiger charge is 2.16. The number of alkyl halides is 1. The molecule has 0 heterocycles. The maximum absolute atomic E-state index is 13.3. The number of aliphatic hydroxyl groups is 1. The molecule has 0 unspecified atom stereocenters. The third-order valence-electron chi connectivity index (χ3n) is 1.98. The molecule has 0 aliphatic heterocycles. The summed E-state index contributed by atoms with van der Waals surface area (Å²) in [6, 6.07) is 5.63. The predicted molar refractivity (Wildman–Crippen MR) is 67.9 cm³/mol. The summed E-state index contributed by atoms with van der Waals surface area (Å²) in [4.78, 5) is 11.5. The van der Waals surface area contributed by atoms with Gasteiger partial charge in [0.15, 0.2) is 5.82 Å². The molecule has 0 bridgehead atoms. The van der Waals surface area contributed by atoms with Gasteiger partial charge in [-0.25, -0.2) is 9.18 Å². The van der Waals surface area contributed by atoms with Gasteiger partial charge < -0.3 is 9.84 Å². The maximum Gasteiger partial charge on any atom is 0.362 e. The lowest BCUT2D eigenvalue weighted by molar-refractivity contribution is -0.138. The van der Waals surface area contributed by atoms with E-state index in [1.54, 1.807) is 13.0 Å². The first kappa shape index (κ1) is 15.1. The Bertz CT molecular complexity index is 517. The van der Waals surface area contributed by atoms with Gasteiger partial charge >= 0.3 is 5.97 Å². The van der Waals surface area contributed by atoms with E-state index in [1.165, 1.54) is 18.2 Å². The average Bonchev–Trinajstić information content (AvgIpc) is 2.41. The molecule has 0 atom stereocenters. The number of rotatable bonds is 5. The van der Waals surface area contributed by atoms with Gasteiger partial charge in [0, 0.05) is 0 Å². The van der Waals surface area contributed by atoms with E-state index in [4.69, 9.17) is 11.6 Å².